The summed E-state index contributed by atoms with van der Waals surface area (Å²) in [7, 11) is 1.97. The van der Waals surface area contributed by atoms with Crippen LogP contribution in [0.5, 0.6) is 0 Å². The van der Waals surface area contributed by atoms with Gasteiger partial charge in [0.15, 0.2) is 0 Å². The molecule has 0 radical (unpaired) electrons. The number of fused-ring (bicyclic) bond motifs is 2. The standard InChI is InChI=1S/C11H20N2OS.ClH/c1-13(11(14)7-15-2)10-5-8-3-4-9(6-10)12-8;/h8-10,12H,3-7H2,1-2H3;1H. The van der Waals surface area contributed by atoms with E-state index in [1.807, 2.05) is 18.2 Å². The lowest BCUT2D eigenvalue weighted by atomic mass is 9.98. The van der Waals surface area contributed by atoms with Gasteiger partial charge in [0.25, 0.3) is 0 Å². The third-order valence-electron chi connectivity index (χ3n) is 3.66. The first-order valence-electron chi connectivity index (χ1n) is 5.71. The Morgan fingerprint density at radius 3 is 2.44 bits per heavy atom. The Morgan fingerprint density at radius 2 is 1.94 bits per heavy atom. The van der Waals surface area contributed by atoms with E-state index in [0.717, 1.165) is 12.8 Å². The SMILES string of the molecule is CSCC(=O)N(C)C1CC2CCC(C1)N2.Cl. The second-order valence-corrected chi connectivity index (χ2v) is 5.57. The Hall–Kier alpha value is 0.0700. The van der Waals surface area contributed by atoms with Crippen LogP contribution in [0.3, 0.4) is 0 Å². The van der Waals surface area contributed by atoms with Crippen molar-refractivity contribution in [1.29, 1.82) is 0 Å². The van der Waals surface area contributed by atoms with Crippen molar-refractivity contribution in [3.63, 3.8) is 0 Å². The van der Waals surface area contributed by atoms with Crippen molar-refractivity contribution in [1.82, 2.24) is 10.2 Å². The van der Waals surface area contributed by atoms with Gasteiger partial charge in [0, 0.05) is 25.2 Å². The number of rotatable bonds is 3. The van der Waals surface area contributed by atoms with Gasteiger partial charge in [-0.3, -0.25) is 4.79 Å². The number of carbonyl (C=O) groups is 1. The van der Waals surface area contributed by atoms with Crippen LogP contribution in [-0.4, -0.2) is 48.0 Å². The molecule has 0 spiro atoms. The highest BCUT2D eigenvalue weighted by atomic mass is 35.5. The van der Waals surface area contributed by atoms with Gasteiger partial charge in [0.2, 0.25) is 5.91 Å². The first-order valence-corrected chi connectivity index (χ1v) is 7.10. The van der Waals surface area contributed by atoms with E-state index in [0.29, 0.717) is 23.9 Å². The smallest absolute Gasteiger partial charge is 0.232 e. The van der Waals surface area contributed by atoms with Crippen molar-refractivity contribution in [3.8, 4) is 0 Å². The van der Waals surface area contributed by atoms with Gasteiger partial charge in [0.1, 0.15) is 0 Å². The molecule has 0 aromatic rings. The average Bonchev–Trinajstić information content (AvgIpc) is 2.57. The minimum Gasteiger partial charge on any atom is -0.342 e. The van der Waals surface area contributed by atoms with Crippen LogP contribution in [0, 0.1) is 0 Å². The number of nitrogens with one attached hydrogen (secondary N) is 1. The fourth-order valence-electron chi connectivity index (χ4n) is 2.77. The van der Waals surface area contributed by atoms with Crippen LogP contribution in [0.1, 0.15) is 25.7 Å². The maximum Gasteiger partial charge on any atom is 0.232 e. The Labute approximate surface area is 108 Å². The van der Waals surface area contributed by atoms with E-state index < -0.39 is 0 Å². The highest BCUT2D eigenvalue weighted by Gasteiger charge is 2.36. The fraction of sp³-hybridized carbons (Fsp3) is 0.909. The zero-order valence-corrected chi connectivity index (χ0v) is 11.6. The minimum atomic E-state index is 0. The van der Waals surface area contributed by atoms with E-state index >= 15 is 0 Å². The van der Waals surface area contributed by atoms with E-state index in [2.05, 4.69) is 5.32 Å². The molecule has 2 rings (SSSR count). The quantitative estimate of drug-likeness (QED) is 0.839. The van der Waals surface area contributed by atoms with Crippen LogP contribution in [0.15, 0.2) is 0 Å². The second-order valence-electron chi connectivity index (χ2n) is 4.70. The molecule has 2 unspecified atom stereocenters. The highest BCUT2D eigenvalue weighted by Crippen LogP contribution is 2.29. The molecule has 5 heteroatoms. The molecule has 16 heavy (non-hydrogen) atoms. The van der Waals surface area contributed by atoms with Gasteiger partial charge in [-0.15, -0.1) is 12.4 Å². The number of hydrogen-bond donors (Lipinski definition) is 1. The lowest BCUT2D eigenvalue weighted by Crippen LogP contribution is -2.49. The molecule has 3 nitrogen and oxygen atoms in total. The van der Waals surface area contributed by atoms with Gasteiger partial charge < -0.3 is 10.2 Å². The molecule has 1 N–H and O–H groups in total. The largest absolute Gasteiger partial charge is 0.342 e. The van der Waals surface area contributed by atoms with Gasteiger partial charge in [-0.1, -0.05) is 0 Å². The van der Waals surface area contributed by atoms with Crippen LogP contribution in [0.4, 0.5) is 0 Å². The summed E-state index contributed by atoms with van der Waals surface area (Å²) in [4.78, 5) is 13.7. The maximum absolute atomic E-state index is 11.8. The number of thioether (sulfide) groups is 1. The summed E-state index contributed by atoms with van der Waals surface area (Å²) in [5, 5.41) is 3.60. The maximum atomic E-state index is 11.8. The number of piperidine rings is 1. The van der Waals surface area contributed by atoms with Crippen LogP contribution in [-0.2, 0) is 4.79 Å². The zero-order valence-electron chi connectivity index (χ0n) is 9.94. The molecule has 2 saturated heterocycles. The molecule has 1 amide bonds. The predicted octanol–water partition coefficient (Wildman–Crippen LogP) is 1.51. The normalized spacial score (nSPS) is 32.0. The molecule has 2 aliphatic rings. The van der Waals surface area contributed by atoms with E-state index in [1.54, 1.807) is 11.8 Å². The van der Waals surface area contributed by atoms with Crippen molar-refractivity contribution in [3.05, 3.63) is 0 Å². The van der Waals surface area contributed by atoms with Crippen molar-refractivity contribution in [2.45, 2.75) is 43.8 Å². The molecule has 0 aromatic heterocycles. The Kier molecular flexibility index (Phi) is 5.41. The van der Waals surface area contributed by atoms with E-state index in [1.165, 1.54) is 12.8 Å². The lowest BCUT2D eigenvalue weighted by Gasteiger charge is -2.35. The number of nitrogens with zero attached hydrogens (tertiary/aromatic N) is 1. The van der Waals surface area contributed by atoms with Gasteiger partial charge >= 0.3 is 0 Å². The summed E-state index contributed by atoms with van der Waals surface area (Å²) in [5.74, 6) is 0.907. The van der Waals surface area contributed by atoms with Crippen LogP contribution < -0.4 is 5.32 Å². The van der Waals surface area contributed by atoms with Gasteiger partial charge in [-0.25, -0.2) is 0 Å². The number of halogens is 1. The van der Waals surface area contributed by atoms with Crippen LogP contribution in [0.25, 0.3) is 0 Å². The molecule has 2 fully saturated rings. The van der Waals surface area contributed by atoms with E-state index in [-0.39, 0.29) is 18.3 Å². The molecule has 0 aromatic carbocycles. The summed E-state index contributed by atoms with van der Waals surface area (Å²) in [6.07, 6.45) is 6.87. The molecule has 2 atom stereocenters. The van der Waals surface area contributed by atoms with Gasteiger partial charge in [0.05, 0.1) is 5.75 Å². The average molecular weight is 265 g/mol. The van der Waals surface area contributed by atoms with Crippen molar-refractivity contribution >= 4 is 30.1 Å². The monoisotopic (exact) mass is 264 g/mol. The summed E-state index contributed by atoms with van der Waals surface area (Å²) >= 11 is 1.61. The minimum absolute atomic E-state index is 0. The summed E-state index contributed by atoms with van der Waals surface area (Å²) < 4.78 is 0. The zero-order chi connectivity index (χ0) is 10.8. The first kappa shape index (κ1) is 14.1. The molecule has 94 valence electrons. The molecule has 2 heterocycles. The third kappa shape index (κ3) is 3.05. The Bertz CT molecular complexity index is 240. The number of hydrogen-bond acceptors (Lipinski definition) is 3. The summed E-state index contributed by atoms with van der Waals surface area (Å²) in [6, 6.07) is 1.81. The van der Waals surface area contributed by atoms with Gasteiger partial charge in [-0.2, -0.15) is 11.8 Å². The number of carbonyl (C=O) groups excluding carboxylic acids is 1. The van der Waals surface area contributed by atoms with Crippen molar-refractivity contribution in [2.75, 3.05) is 19.1 Å². The third-order valence-corrected chi connectivity index (χ3v) is 4.19. The molecule has 0 aliphatic carbocycles. The second kappa shape index (κ2) is 6.12. The molecular formula is C11H21ClN2OS. The van der Waals surface area contributed by atoms with Crippen molar-refractivity contribution in [2.24, 2.45) is 0 Å². The predicted molar refractivity (Wildman–Crippen MR) is 71.4 cm³/mol. The van der Waals surface area contributed by atoms with Crippen LogP contribution in [0.2, 0.25) is 0 Å². The summed E-state index contributed by atoms with van der Waals surface area (Å²) in [6.45, 7) is 0. The molecule has 2 aliphatic heterocycles. The summed E-state index contributed by atoms with van der Waals surface area (Å²) in [5.41, 5.74) is 0. The Morgan fingerprint density at radius 1 is 1.38 bits per heavy atom. The first-order chi connectivity index (χ1) is 7.20. The van der Waals surface area contributed by atoms with E-state index in [9.17, 15) is 4.79 Å². The molecule has 2 bridgehead atoms. The van der Waals surface area contributed by atoms with Gasteiger partial charge in [-0.05, 0) is 31.9 Å². The lowest BCUT2D eigenvalue weighted by molar-refractivity contribution is -0.129. The topological polar surface area (TPSA) is 32.3 Å². The Balaban J connectivity index is 0.00000128. The van der Waals surface area contributed by atoms with E-state index in [4.69, 9.17) is 0 Å². The van der Waals surface area contributed by atoms with Crippen LogP contribution >= 0.6 is 24.2 Å². The van der Waals surface area contributed by atoms with Crippen molar-refractivity contribution < 1.29 is 4.79 Å². The molecule has 0 saturated carbocycles. The fourth-order valence-corrected chi connectivity index (χ4v) is 3.22. The molecular weight excluding hydrogens is 244 g/mol. The highest BCUT2D eigenvalue weighted by molar-refractivity contribution is 7.99. The number of amides is 1.